The number of thioether (sulfide) groups is 1. The topological polar surface area (TPSA) is 49.4 Å². The van der Waals surface area contributed by atoms with Gasteiger partial charge >= 0.3 is 0 Å². The first-order valence-corrected chi connectivity index (χ1v) is 11.5. The normalized spacial score (nSPS) is 11.7. The minimum atomic E-state index is -0.582. The van der Waals surface area contributed by atoms with Gasteiger partial charge < -0.3 is 10.2 Å². The lowest BCUT2D eigenvalue weighted by molar-refractivity contribution is -0.138. The summed E-state index contributed by atoms with van der Waals surface area (Å²) in [5, 5.41) is 4.14. The van der Waals surface area contributed by atoms with Gasteiger partial charge in [0.05, 0.1) is 5.75 Å². The van der Waals surface area contributed by atoms with Gasteiger partial charge in [-0.25, -0.2) is 0 Å². The monoisotopic (exact) mass is 452 g/mol. The van der Waals surface area contributed by atoms with Gasteiger partial charge in [-0.1, -0.05) is 60.5 Å². The number of hydrogen-bond donors (Lipinski definition) is 1. The summed E-state index contributed by atoms with van der Waals surface area (Å²) in [4.78, 5) is 27.1. The quantitative estimate of drug-likeness (QED) is 0.540. The van der Waals surface area contributed by atoms with E-state index in [1.807, 2.05) is 49.4 Å². The van der Waals surface area contributed by atoms with E-state index in [-0.39, 0.29) is 17.6 Å². The van der Waals surface area contributed by atoms with Gasteiger partial charge in [-0.2, -0.15) is 0 Å². The van der Waals surface area contributed by atoms with E-state index in [0.717, 1.165) is 17.5 Å². The van der Waals surface area contributed by atoms with Crippen molar-refractivity contribution in [2.75, 3.05) is 12.3 Å². The molecule has 1 N–H and O–H groups in total. The zero-order valence-corrected chi connectivity index (χ0v) is 19.0. The van der Waals surface area contributed by atoms with Crippen molar-refractivity contribution in [3.8, 4) is 0 Å². The Kier molecular flexibility index (Phi) is 9.85. The van der Waals surface area contributed by atoms with Crippen LogP contribution in [0.2, 0.25) is 10.0 Å². The van der Waals surface area contributed by atoms with Crippen molar-refractivity contribution in [3.63, 3.8) is 0 Å². The molecule has 7 heteroatoms. The predicted octanol–water partition coefficient (Wildman–Crippen LogP) is 5.17. The predicted molar refractivity (Wildman–Crippen MR) is 122 cm³/mol. The second-order valence-corrected chi connectivity index (χ2v) is 8.53. The van der Waals surface area contributed by atoms with Crippen molar-refractivity contribution < 1.29 is 9.59 Å². The second-order valence-electron chi connectivity index (χ2n) is 6.70. The zero-order valence-electron chi connectivity index (χ0n) is 16.7. The smallest absolute Gasteiger partial charge is 0.242 e. The van der Waals surface area contributed by atoms with Gasteiger partial charge in [0.1, 0.15) is 6.04 Å². The van der Waals surface area contributed by atoms with Crippen LogP contribution in [0.25, 0.3) is 0 Å². The molecule has 0 fully saturated rings. The van der Waals surface area contributed by atoms with E-state index in [2.05, 4.69) is 5.32 Å². The van der Waals surface area contributed by atoms with E-state index in [9.17, 15) is 9.59 Å². The first kappa shape index (κ1) is 23.6. The van der Waals surface area contributed by atoms with Crippen LogP contribution in [0.15, 0.2) is 48.5 Å². The summed E-state index contributed by atoms with van der Waals surface area (Å²) in [5.41, 5.74) is 1.92. The lowest BCUT2D eigenvalue weighted by atomic mass is 10.1. The minimum absolute atomic E-state index is 0.0944. The zero-order chi connectivity index (χ0) is 21.2. The van der Waals surface area contributed by atoms with Crippen molar-refractivity contribution in [1.82, 2.24) is 10.2 Å². The Labute approximate surface area is 187 Å². The fourth-order valence-electron chi connectivity index (χ4n) is 2.71. The molecule has 2 aromatic carbocycles. The first-order valence-electron chi connectivity index (χ1n) is 9.55. The molecule has 156 valence electrons. The van der Waals surface area contributed by atoms with Crippen LogP contribution in [0.5, 0.6) is 0 Å². The van der Waals surface area contributed by atoms with Crippen LogP contribution in [0, 0.1) is 0 Å². The SMILES string of the molecule is CCCNC(=O)[C@H](C)N(Cc1ccccc1Cl)C(=O)CSCc1ccc(Cl)cc1. The molecule has 29 heavy (non-hydrogen) atoms. The van der Waals surface area contributed by atoms with Gasteiger partial charge in [0.2, 0.25) is 11.8 Å². The van der Waals surface area contributed by atoms with Crippen molar-refractivity contribution in [2.24, 2.45) is 0 Å². The van der Waals surface area contributed by atoms with Gasteiger partial charge in [-0.15, -0.1) is 11.8 Å². The number of nitrogens with zero attached hydrogens (tertiary/aromatic N) is 1. The third kappa shape index (κ3) is 7.57. The van der Waals surface area contributed by atoms with Crippen molar-refractivity contribution in [3.05, 3.63) is 69.7 Å². The molecular formula is C22H26Cl2N2O2S. The Balaban J connectivity index is 2.05. The Morgan fingerprint density at radius 3 is 2.45 bits per heavy atom. The average molecular weight is 453 g/mol. The molecule has 0 saturated heterocycles. The molecule has 0 heterocycles. The molecule has 2 aromatic rings. The average Bonchev–Trinajstić information content (AvgIpc) is 2.72. The standard InChI is InChI=1S/C22H26Cl2N2O2S/c1-3-12-25-22(28)16(2)26(13-18-6-4-5-7-20(18)24)21(27)15-29-14-17-8-10-19(23)11-9-17/h4-11,16H,3,12-15H2,1-2H3,(H,25,28)/t16-/m0/s1. The van der Waals surface area contributed by atoms with Gasteiger partial charge in [0.15, 0.2) is 0 Å². The molecular weight excluding hydrogens is 427 g/mol. The maximum Gasteiger partial charge on any atom is 0.242 e. The third-order valence-corrected chi connectivity index (χ3v) is 6.03. The summed E-state index contributed by atoms with van der Waals surface area (Å²) >= 11 is 13.7. The van der Waals surface area contributed by atoms with Crippen LogP contribution in [0.4, 0.5) is 0 Å². The molecule has 1 atom stereocenters. The summed E-state index contributed by atoms with van der Waals surface area (Å²) < 4.78 is 0. The molecule has 0 spiro atoms. The van der Waals surface area contributed by atoms with Gasteiger partial charge in [-0.3, -0.25) is 9.59 Å². The molecule has 0 aliphatic heterocycles. The third-order valence-electron chi connectivity index (χ3n) is 4.42. The first-order chi connectivity index (χ1) is 13.9. The minimum Gasteiger partial charge on any atom is -0.354 e. The molecule has 0 aromatic heterocycles. The number of carbonyl (C=O) groups is 2. The molecule has 0 aliphatic carbocycles. The molecule has 4 nitrogen and oxygen atoms in total. The number of nitrogens with one attached hydrogen (secondary N) is 1. The summed E-state index contributed by atoms with van der Waals surface area (Å²) in [6, 6.07) is 14.4. The number of hydrogen-bond acceptors (Lipinski definition) is 3. The fraction of sp³-hybridized carbons (Fsp3) is 0.364. The van der Waals surface area contributed by atoms with E-state index < -0.39 is 6.04 Å². The lowest BCUT2D eigenvalue weighted by Crippen LogP contribution is -2.48. The maximum atomic E-state index is 13.0. The van der Waals surface area contributed by atoms with Crippen LogP contribution in [-0.4, -0.2) is 35.1 Å². The van der Waals surface area contributed by atoms with E-state index in [1.54, 1.807) is 17.9 Å². The van der Waals surface area contributed by atoms with E-state index in [4.69, 9.17) is 23.2 Å². The van der Waals surface area contributed by atoms with E-state index in [0.29, 0.717) is 28.9 Å². The Bertz CT molecular complexity index is 815. The molecule has 2 amide bonds. The molecule has 0 saturated carbocycles. The molecule has 0 bridgehead atoms. The summed E-state index contributed by atoms with van der Waals surface area (Å²) in [7, 11) is 0. The van der Waals surface area contributed by atoms with Crippen LogP contribution >= 0.6 is 35.0 Å². The van der Waals surface area contributed by atoms with Gasteiger partial charge in [0.25, 0.3) is 0 Å². The molecule has 0 unspecified atom stereocenters. The lowest BCUT2D eigenvalue weighted by Gasteiger charge is -2.29. The molecule has 2 rings (SSSR count). The van der Waals surface area contributed by atoms with Crippen LogP contribution in [0.3, 0.4) is 0 Å². The van der Waals surface area contributed by atoms with Crippen LogP contribution < -0.4 is 5.32 Å². The fourth-order valence-corrected chi connectivity index (χ4v) is 3.90. The molecule has 0 aliphatic rings. The number of amides is 2. The highest BCUT2D eigenvalue weighted by Crippen LogP contribution is 2.21. The number of benzene rings is 2. The number of halogens is 2. The number of carbonyl (C=O) groups excluding carboxylic acids is 2. The van der Waals surface area contributed by atoms with Gasteiger partial charge in [0, 0.05) is 28.9 Å². The molecule has 0 radical (unpaired) electrons. The van der Waals surface area contributed by atoms with Crippen LogP contribution in [-0.2, 0) is 21.9 Å². The van der Waals surface area contributed by atoms with Crippen LogP contribution in [0.1, 0.15) is 31.4 Å². The number of rotatable bonds is 10. The largest absolute Gasteiger partial charge is 0.354 e. The van der Waals surface area contributed by atoms with Gasteiger partial charge in [-0.05, 0) is 42.7 Å². The summed E-state index contributed by atoms with van der Waals surface area (Å²) in [5.74, 6) is 0.718. The highest BCUT2D eigenvalue weighted by Gasteiger charge is 2.26. The summed E-state index contributed by atoms with van der Waals surface area (Å²) in [6.45, 7) is 4.62. The Morgan fingerprint density at radius 1 is 1.10 bits per heavy atom. The summed E-state index contributed by atoms with van der Waals surface area (Å²) in [6.07, 6.45) is 0.841. The Hall–Kier alpha value is -1.69. The highest BCUT2D eigenvalue weighted by atomic mass is 35.5. The van der Waals surface area contributed by atoms with Crippen molar-refractivity contribution in [2.45, 2.75) is 38.6 Å². The van der Waals surface area contributed by atoms with E-state index >= 15 is 0 Å². The highest BCUT2D eigenvalue weighted by molar-refractivity contribution is 7.99. The van der Waals surface area contributed by atoms with Crippen molar-refractivity contribution in [1.29, 1.82) is 0 Å². The van der Waals surface area contributed by atoms with E-state index in [1.165, 1.54) is 11.8 Å². The second kappa shape index (κ2) is 12.1. The Morgan fingerprint density at radius 2 is 1.79 bits per heavy atom. The van der Waals surface area contributed by atoms with Crippen molar-refractivity contribution >= 4 is 46.8 Å². The maximum absolute atomic E-state index is 13.0.